The van der Waals surface area contributed by atoms with Gasteiger partial charge in [0.1, 0.15) is 0 Å². The van der Waals surface area contributed by atoms with Crippen molar-refractivity contribution in [1.29, 1.82) is 0 Å². The molecule has 0 aromatic rings. The normalized spacial score (nSPS) is 12.9. The highest BCUT2D eigenvalue weighted by atomic mass is 16.3. The van der Waals surface area contributed by atoms with Crippen LogP contribution in [0.25, 0.3) is 0 Å². The summed E-state index contributed by atoms with van der Waals surface area (Å²) < 4.78 is 0. The quantitative estimate of drug-likeness (QED) is 0.0422. The number of hydrogen-bond donors (Lipinski definition) is 3. The SMILES string of the molecule is CCCCCCCCCCCCCC/C=C\CCCCCCCCCCCCC(=O)NC(CO)C(O)/C=C/CCCCCCCCCCCCCCCCCCCCCC. The van der Waals surface area contributed by atoms with Crippen molar-refractivity contribution in [3.05, 3.63) is 24.3 Å². The number of aliphatic hydroxyl groups is 2. The fourth-order valence-corrected chi connectivity index (χ4v) is 8.71. The molecule has 0 fully saturated rings. The van der Waals surface area contributed by atoms with Gasteiger partial charge in [0.05, 0.1) is 18.8 Å². The fraction of sp³-hybridized carbons (Fsp3) is 0.911. The number of nitrogens with one attached hydrogen (secondary N) is 1. The highest BCUT2D eigenvalue weighted by molar-refractivity contribution is 5.76. The third kappa shape index (κ3) is 47.9. The number of aliphatic hydroxyl groups excluding tert-OH is 2. The minimum atomic E-state index is -0.838. The predicted molar refractivity (Wildman–Crippen MR) is 267 cm³/mol. The van der Waals surface area contributed by atoms with Crippen LogP contribution in [-0.2, 0) is 4.79 Å². The van der Waals surface area contributed by atoms with Gasteiger partial charge in [-0.1, -0.05) is 282 Å². The molecule has 0 aromatic carbocycles. The smallest absolute Gasteiger partial charge is 0.220 e. The van der Waals surface area contributed by atoms with E-state index < -0.39 is 12.1 Å². The minimum absolute atomic E-state index is 0.0604. The Bertz CT molecular complexity index is 871. The molecule has 2 unspecified atom stereocenters. The number of carbonyl (C=O) groups excluding carboxylic acids is 1. The summed E-state index contributed by atoms with van der Waals surface area (Å²) in [5.74, 6) is -0.0604. The fourth-order valence-electron chi connectivity index (χ4n) is 8.71. The molecule has 4 heteroatoms. The summed E-state index contributed by atoms with van der Waals surface area (Å²) in [5, 5.41) is 23.2. The first kappa shape index (κ1) is 58.9. The molecule has 0 saturated carbocycles. The zero-order valence-electron chi connectivity index (χ0n) is 41.0. The van der Waals surface area contributed by atoms with E-state index in [2.05, 4.69) is 31.3 Å². The van der Waals surface area contributed by atoms with Crippen molar-refractivity contribution >= 4 is 5.91 Å². The van der Waals surface area contributed by atoms with Crippen LogP contribution in [0.5, 0.6) is 0 Å². The molecule has 356 valence electrons. The van der Waals surface area contributed by atoms with Gasteiger partial charge in [-0.15, -0.1) is 0 Å². The van der Waals surface area contributed by atoms with E-state index in [1.165, 1.54) is 263 Å². The molecular formula is C56H109NO3. The molecule has 0 rings (SSSR count). The number of unbranched alkanes of at least 4 members (excludes halogenated alkanes) is 42. The van der Waals surface area contributed by atoms with Crippen molar-refractivity contribution in [1.82, 2.24) is 5.32 Å². The molecule has 4 nitrogen and oxygen atoms in total. The zero-order chi connectivity index (χ0) is 43.5. The molecule has 0 aliphatic rings. The van der Waals surface area contributed by atoms with Crippen molar-refractivity contribution in [3.8, 4) is 0 Å². The number of carbonyl (C=O) groups is 1. The first-order valence-corrected chi connectivity index (χ1v) is 27.6. The topological polar surface area (TPSA) is 69.6 Å². The molecule has 0 spiro atoms. The number of amides is 1. The first-order valence-electron chi connectivity index (χ1n) is 27.6. The lowest BCUT2D eigenvalue weighted by molar-refractivity contribution is -0.123. The molecule has 0 bridgehead atoms. The lowest BCUT2D eigenvalue weighted by Crippen LogP contribution is -2.45. The maximum atomic E-state index is 12.5. The van der Waals surface area contributed by atoms with Gasteiger partial charge in [-0.3, -0.25) is 4.79 Å². The first-order chi connectivity index (χ1) is 29.7. The van der Waals surface area contributed by atoms with Gasteiger partial charge in [0, 0.05) is 6.42 Å². The van der Waals surface area contributed by atoms with Gasteiger partial charge in [0.15, 0.2) is 0 Å². The summed E-state index contributed by atoms with van der Waals surface area (Å²) in [7, 11) is 0. The van der Waals surface area contributed by atoms with Gasteiger partial charge >= 0.3 is 0 Å². The molecule has 0 saturated heterocycles. The van der Waals surface area contributed by atoms with Crippen molar-refractivity contribution in [3.63, 3.8) is 0 Å². The molecular weight excluding hydrogens is 735 g/mol. The Labute approximate surface area is 377 Å². The molecule has 60 heavy (non-hydrogen) atoms. The highest BCUT2D eigenvalue weighted by Gasteiger charge is 2.18. The van der Waals surface area contributed by atoms with Crippen LogP contribution >= 0.6 is 0 Å². The van der Waals surface area contributed by atoms with Gasteiger partial charge in [-0.05, 0) is 44.9 Å². The van der Waals surface area contributed by atoms with E-state index >= 15 is 0 Å². The third-order valence-electron chi connectivity index (χ3n) is 12.9. The van der Waals surface area contributed by atoms with Gasteiger partial charge in [-0.25, -0.2) is 0 Å². The molecule has 0 aliphatic carbocycles. The molecule has 3 N–H and O–H groups in total. The number of hydrogen-bond acceptors (Lipinski definition) is 3. The molecule has 2 atom stereocenters. The van der Waals surface area contributed by atoms with E-state index in [0.717, 1.165) is 25.7 Å². The summed E-state index contributed by atoms with van der Waals surface area (Å²) in [5.41, 5.74) is 0. The second-order valence-electron chi connectivity index (χ2n) is 19.0. The van der Waals surface area contributed by atoms with Crippen LogP contribution in [-0.4, -0.2) is 34.9 Å². The molecule has 0 radical (unpaired) electrons. The summed E-state index contributed by atoms with van der Waals surface area (Å²) in [4.78, 5) is 12.5. The summed E-state index contributed by atoms with van der Waals surface area (Å²) in [6.45, 7) is 4.35. The maximum Gasteiger partial charge on any atom is 0.220 e. The summed E-state index contributed by atoms with van der Waals surface area (Å²) in [6, 6.07) is -0.622. The van der Waals surface area contributed by atoms with Crippen LogP contribution in [0.3, 0.4) is 0 Å². The molecule has 0 aliphatic heterocycles. The van der Waals surface area contributed by atoms with E-state index in [0.29, 0.717) is 6.42 Å². The van der Waals surface area contributed by atoms with Crippen molar-refractivity contribution in [2.45, 2.75) is 321 Å². The van der Waals surface area contributed by atoms with Crippen LogP contribution in [0.4, 0.5) is 0 Å². The standard InChI is InChI=1S/C56H109NO3/c1-3-5-7-9-11-13-15-17-19-21-23-25-27-28-29-30-32-34-36-38-40-42-44-46-48-50-52-56(60)57-54(53-58)55(59)51-49-47-45-43-41-39-37-35-33-31-26-24-22-20-18-16-14-12-10-8-6-4-2/h28-29,49,51,54-55,58-59H,3-27,30-48,50,52-53H2,1-2H3,(H,57,60)/b29-28-,51-49+. The van der Waals surface area contributed by atoms with E-state index in [9.17, 15) is 15.0 Å². The van der Waals surface area contributed by atoms with Gasteiger partial charge in [0.25, 0.3) is 0 Å². The zero-order valence-corrected chi connectivity index (χ0v) is 41.0. The van der Waals surface area contributed by atoms with Crippen molar-refractivity contribution in [2.75, 3.05) is 6.61 Å². The Morgan fingerprint density at radius 1 is 0.383 bits per heavy atom. The maximum absolute atomic E-state index is 12.5. The Morgan fingerprint density at radius 3 is 0.917 bits per heavy atom. The Hall–Kier alpha value is -1.13. The average molecular weight is 844 g/mol. The summed E-state index contributed by atoms with van der Waals surface area (Å²) >= 11 is 0. The van der Waals surface area contributed by atoms with Gasteiger partial charge in [-0.2, -0.15) is 0 Å². The number of allylic oxidation sites excluding steroid dienone is 3. The van der Waals surface area contributed by atoms with E-state index in [1.807, 2.05) is 6.08 Å². The predicted octanol–water partition coefficient (Wildman–Crippen LogP) is 17.9. The Balaban J connectivity index is 3.48. The van der Waals surface area contributed by atoms with Crippen LogP contribution in [0.1, 0.15) is 309 Å². The highest BCUT2D eigenvalue weighted by Crippen LogP contribution is 2.17. The molecule has 1 amide bonds. The van der Waals surface area contributed by atoms with E-state index in [1.54, 1.807) is 6.08 Å². The second-order valence-corrected chi connectivity index (χ2v) is 19.0. The third-order valence-corrected chi connectivity index (χ3v) is 12.9. The van der Waals surface area contributed by atoms with Gasteiger partial charge < -0.3 is 15.5 Å². The monoisotopic (exact) mass is 844 g/mol. The van der Waals surface area contributed by atoms with Crippen LogP contribution < -0.4 is 5.32 Å². The van der Waals surface area contributed by atoms with E-state index in [-0.39, 0.29) is 12.5 Å². The second kappa shape index (κ2) is 52.2. The lowest BCUT2D eigenvalue weighted by Gasteiger charge is -2.20. The van der Waals surface area contributed by atoms with Crippen LogP contribution in [0.15, 0.2) is 24.3 Å². The molecule has 0 aromatic heterocycles. The minimum Gasteiger partial charge on any atom is -0.394 e. The summed E-state index contributed by atoms with van der Waals surface area (Å²) in [6.07, 6.45) is 69.0. The van der Waals surface area contributed by atoms with Crippen LogP contribution in [0, 0.1) is 0 Å². The van der Waals surface area contributed by atoms with Crippen LogP contribution in [0.2, 0.25) is 0 Å². The average Bonchev–Trinajstić information content (AvgIpc) is 3.25. The van der Waals surface area contributed by atoms with E-state index in [4.69, 9.17) is 0 Å². The van der Waals surface area contributed by atoms with Gasteiger partial charge in [0.2, 0.25) is 5.91 Å². The largest absolute Gasteiger partial charge is 0.394 e. The lowest BCUT2D eigenvalue weighted by atomic mass is 10.0. The van der Waals surface area contributed by atoms with Crippen molar-refractivity contribution in [2.24, 2.45) is 0 Å². The Morgan fingerprint density at radius 2 is 0.633 bits per heavy atom. The molecule has 0 heterocycles. The Kier molecular flexibility index (Phi) is 51.2. The number of rotatable bonds is 51. The van der Waals surface area contributed by atoms with Crippen molar-refractivity contribution < 1.29 is 15.0 Å².